The van der Waals surface area contributed by atoms with Crippen LogP contribution in [0.3, 0.4) is 0 Å². The summed E-state index contributed by atoms with van der Waals surface area (Å²) in [5, 5.41) is 12.4. The van der Waals surface area contributed by atoms with E-state index >= 15 is 0 Å². The summed E-state index contributed by atoms with van der Waals surface area (Å²) in [7, 11) is 0. The van der Waals surface area contributed by atoms with Gasteiger partial charge in [0, 0.05) is 12.6 Å². The molecule has 100 valence electrons. The van der Waals surface area contributed by atoms with Gasteiger partial charge in [0.25, 0.3) is 0 Å². The topological polar surface area (TPSA) is 67.2 Å². The zero-order valence-electron chi connectivity index (χ0n) is 10.8. The average Bonchev–Trinajstić information content (AvgIpc) is 2.83. The molecule has 0 radical (unpaired) electrons. The van der Waals surface area contributed by atoms with Crippen LogP contribution < -0.4 is 10.1 Å². The van der Waals surface area contributed by atoms with Crippen LogP contribution >= 0.6 is 0 Å². The van der Waals surface area contributed by atoms with Crippen molar-refractivity contribution in [1.29, 1.82) is 5.26 Å². The Balaban J connectivity index is 1.67. The van der Waals surface area contributed by atoms with E-state index in [2.05, 4.69) is 16.4 Å². The van der Waals surface area contributed by atoms with Gasteiger partial charge >= 0.3 is 0 Å². The van der Waals surface area contributed by atoms with Crippen LogP contribution in [0, 0.1) is 11.3 Å². The van der Waals surface area contributed by atoms with E-state index in [1.807, 2.05) is 0 Å². The summed E-state index contributed by atoms with van der Waals surface area (Å²) < 4.78 is 11.8. The van der Waals surface area contributed by atoms with Gasteiger partial charge in [0.2, 0.25) is 5.88 Å². The summed E-state index contributed by atoms with van der Waals surface area (Å²) in [5.41, 5.74) is 0.450. The highest BCUT2D eigenvalue weighted by atomic mass is 16.6. The Morgan fingerprint density at radius 3 is 3.11 bits per heavy atom. The Kier molecular flexibility index (Phi) is 3.36. The second-order valence-electron chi connectivity index (χ2n) is 5.16. The Hall–Kier alpha value is -1.64. The van der Waals surface area contributed by atoms with Gasteiger partial charge in [0.15, 0.2) is 0 Å². The molecule has 0 amide bonds. The van der Waals surface area contributed by atoms with Crippen molar-refractivity contribution in [3.63, 3.8) is 0 Å². The first kappa shape index (κ1) is 12.4. The first-order chi connectivity index (χ1) is 9.31. The van der Waals surface area contributed by atoms with Crippen molar-refractivity contribution in [3.05, 3.63) is 23.9 Å². The van der Waals surface area contributed by atoms with Gasteiger partial charge in [-0.3, -0.25) is 0 Å². The molecule has 0 bridgehead atoms. The molecule has 2 saturated heterocycles. The van der Waals surface area contributed by atoms with Gasteiger partial charge in [0.1, 0.15) is 17.7 Å². The third-order valence-corrected chi connectivity index (χ3v) is 3.86. The molecule has 0 aromatic carbocycles. The molecule has 3 heterocycles. The smallest absolute Gasteiger partial charge is 0.231 e. The van der Waals surface area contributed by atoms with Crippen molar-refractivity contribution in [2.75, 3.05) is 19.7 Å². The molecule has 5 heteroatoms. The average molecular weight is 259 g/mol. The molecule has 3 rings (SSSR count). The van der Waals surface area contributed by atoms with Crippen LogP contribution in [0.4, 0.5) is 0 Å². The molecular formula is C14H17N3O2. The van der Waals surface area contributed by atoms with Crippen LogP contribution in [0.5, 0.6) is 5.88 Å². The predicted octanol–water partition coefficient (Wildman–Crippen LogP) is 1.24. The first-order valence-electron chi connectivity index (χ1n) is 6.68. The van der Waals surface area contributed by atoms with Crippen LogP contribution in [0.2, 0.25) is 0 Å². The third kappa shape index (κ3) is 2.55. The van der Waals surface area contributed by atoms with Crippen molar-refractivity contribution in [2.45, 2.75) is 31.0 Å². The molecule has 1 unspecified atom stereocenters. The molecule has 1 spiro atoms. The summed E-state index contributed by atoms with van der Waals surface area (Å²) in [4.78, 5) is 4.13. The summed E-state index contributed by atoms with van der Waals surface area (Å²) in [6.07, 6.45) is 4.59. The van der Waals surface area contributed by atoms with E-state index in [1.54, 1.807) is 18.3 Å². The van der Waals surface area contributed by atoms with Gasteiger partial charge < -0.3 is 14.8 Å². The fourth-order valence-corrected chi connectivity index (χ4v) is 2.84. The molecule has 0 aliphatic carbocycles. The highest BCUT2D eigenvalue weighted by Gasteiger charge is 2.42. The van der Waals surface area contributed by atoms with Gasteiger partial charge in [0.05, 0.1) is 12.2 Å². The number of rotatable bonds is 2. The summed E-state index contributed by atoms with van der Waals surface area (Å²) in [6.45, 7) is 2.58. The molecule has 2 fully saturated rings. The van der Waals surface area contributed by atoms with Crippen molar-refractivity contribution in [3.8, 4) is 11.9 Å². The molecule has 2 aliphatic heterocycles. The molecule has 1 N–H and O–H groups in total. The lowest BCUT2D eigenvalue weighted by atomic mass is 9.89. The first-order valence-corrected chi connectivity index (χ1v) is 6.68. The molecule has 2 aliphatic rings. The van der Waals surface area contributed by atoms with Crippen molar-refractivity contribution in [2.24, 2.45) is 0 Å². The van der Waals surface area contributed by atoms with Gasteiger partial charge in [-0.15, -0.1) is 0 Å². The Morgan fingerprint density at radius 2 is 2.32 bits per heavy atom. The summed E-state index contributed by atoms with van der Waals surface area (Å²) in [6, 6.07) is 5.56. The highest BCUT2D eigenvalue weighted by molar-refractivity contribution is 5.37. The number of piperidine rings is 1. The maximum atomic E-state index is 9.03. The number of nitrogens with one attached hydrogen (secondary N) is 1. The Morgan fingerprint density at radius 1 is 1.47 bits per heavy atom. The summed E-state index contributed by atoms with van der Waals surface area (Å²) in [5.74, 6) is 0.421. The lowest BCUT2D eigenvalue weighted by Gasteiger charge is -2.32. The highest BCUT2D eigenvalue weighted by Crippen LogP contribution is 2.35. The van der Waals surface area contributed by atoms with Gasteiger partial charge in [-0.05, 0) is 38.1 Å². The number of hydrogen-bond acceptors (Lipinski definition) is 5. The van der Waals surface area contributed by atoms with Gasteiger partial charge in [-0.1, -0.05) is 0 Å². The van der Waals surface area contributed by atoms with Crippen LogP contribution in [-0.4, -0.2) is 36.4 Å². The van der Waals surface area contributed by atoms with Crippen molar-refractivity contribution < 1.29 is 9.47 Å². The molecule has 1 aromatic rings. The van der Waals surface area contributed by atoms with Crippen molar-refractivity contribution in [1.82, 2.24) is 10.3 Å². The second kappa shape index (κ2) is 5.16. The number of hydrogen-bond donors (Lipinski definition) is 1. The third-order valence-electron chi connectivity index (χ3n) is 3.86. The minimum Gasteiger partial charge on any atom is -0.471 e. The SMILES string of the molecule is N#Cc1cccnc1OC1COC2(CCNCC2)C1. The van der Waals surface area contributed by atoms with Gasteiger partial charge in [-0.2, -0.15) is 5.26 Å². The molecular weight excluding hydrogens is 242 g/mol. The molecule has 1 aromatic heterocycles. The predicted molar refractivity (Wildman–Crippen MR) is 68.8 cm³/mol. The van der Waals surface area contributed by atoms with E-state index in [-0.39, 0.29) is 11.7 Å². The summed E-state index contributed by atoms with van der Waals surface area (Å²) >= 11 is 0. The van der Waals surface area contributed by atoms with Crippen LogP contribution in [0.15, 0.2) is 18.3 Å². The molecule has 0 saturated carbocycles. The fourth-order valence-electron chi connectivity index (χ4n) is 2.84. The lowest BCUT2D eigenvalue weighted by molar-refractivity contribution is -0.0205. The zero-order chi connectivity index (χ0) is 13.1. The number of pyridine rings is 1. The number of nitriles is 1. The molecule has 1 atom stereocenters. The van der Waals surface area contributed by atoms with Gasteiger partial charge in [-0.25, -0.2) is 4.98 Å². The Labute approximate surface area is 112 Å². The van der Waals surface area contributed by atoms with E-state index in [1.165, 1.54) is 0 Å². The minimum atomic E-state index is -0.0303. The Bertz CT molecular complexity index is 492. The largest absolute Gasteiger partial charge is 0.471 e. The van der Waals surface area contributed by atoms with Crippen molar-refractivity contribution >= 4 is 0 Å². The second-order valence-corrected chi connectivity index (χ2v) is 5.16. The number of aromatic nitrogens is 1. The van der Waals surface area contributed by atoms with Crippen LogP contribution in [-0.2, 0) is 4.74 Å². The maximum Gasteiger partial charge on any atom is 0.231 e. The normalized spacial score (nSPS) is 25.1. The quantitative estimate of drug-likeness (QED) is 0.865. The van der Waals surface area contributed by atoms with Crippen LogP contribution in [0.25, 0.3) is 0 Å². The standard InChI is InChI=1S/C14H17N3O2/c15-9-11-2-1-5-17-13(11)19-12-8-14(18-10-12)3-6-16-7-4-14/h1-2,5,12,16H,3-4,6-8,10H2. The zero-order valence-corrected chi connectivity index (χ0v) is 10.8. The lowest BCUT2D eigenvalue weighted by Crippen LogP contribution is -2.41. The maximum absolute atomic E-state index is 9.03. The monoisotopic (exact) mass is 259 g/mol. The molecule has 19 heavy (non-hydrogen) atoms. The number of ether oxygens (including phenoxy) is 2. The van der Waals surface area contributed by atoms with E-state index in [0.717, 1.165) is 32.4 Å². The van der Waals surface area contributed by atoms with E-state index in [0.29, 0.717) is 18.1 Å². The van der Waals surface area contributed by atoms with Crippen LogP contribution in [0.1, 0.15) is 24.8 Å². The van der Waals surface area contributed by atoms with E-state index < -0.39 is 0 Å². The minimum absolute atomic E-state index is 0.0000926. The van der Waals surface area contributed by atoms with E-state index in [4.69, 9.17) is 14.7 Å². The fraction of sp³-hybridized carbons (Fsp3) is 0.571. The number of nitrogens with zero attached hydrogens (tertiary/aromatic N) is 2. The van der Waals surface area contributed by atoms with E-state index in [9.17, 15) is 0 Å². The molecule has 5 nitrogen and oxygen atoms in total.